The maximum atomic E-state index is 12.2. The normalized spacial score (nSPS) is 13.0. The Balaban J connectivity index is 1.96. The van der Waals surface area contributed by atoms with Gasteiger partial charge in [0.15, 0.2) is 0 Å². The molecule has 120 valence electrons. The molecule has 0 saturated heterocycles. The second-order valence-corrected chi connectivity index (χ2v) is 6.37. The van der Waals surface area contributed by atoms with Gasteiger partial charge in [0.25, 0.3) is 5.91 Å². The number of pyridine rings is 1. The number of rotatable bonds is 7. The van der Waals surface area contributed by atoms with Gasteiger partial charge in [-0.3, -0.25) is 18.8 Å². The van der Waals surface area contributed by atoms with Crippen LogP contribution in [0.1, 0.15) is 16.9 Å². The fraction of sp³-hybridized carbons (Fsp3) is 0.188. The quantitative estimate of drug-likeness (QED) is 0.785. The highest BCUT2D eigenvalue weighted by Gasteiger charge is 2.20. The summed E-state index contributed by atoms with van der Waals surface area (Å²) >= 11 is 0. The molecule has 2 aromatic rings. The summed E-state index contributed by atoms with van der Waals surface area (Å²) in [5.74, 6) is -0.931. The summed E-state index contributed by atoms with van der Waals surface area (Å²) in [6.45, 7) is 0. The Labute approximate surface area is 136 Å². The molecule has 7 heteroatoms. The molecule has 0 aliphatic heterocycles. The van der Waals surface area contributed by atoms with Crippen molar-refractivity contribution >= 4 is 22.6 Å². The van der Waals surface area contributed by atoms with Crippen LogP contribution in [0.5, 0.6) is 0 Å². The Hall–Kier alpha value is -2.54. The summed E-state index contributed by atoms with van der Waals surface area (Å²) in [5, 5.41) is 2.53. The first-order chi connectivity index (χ1) is 11.1. The van der Waals surface area contributed by atoms with Crippen LogP contribution in [0.25, 0.3) is 0 Å². The third-order valence-corrected chi connectivity index (χ3v) is 4.55. The average Bonchev–Trinajstić information content (AvgIpc) is 2.59. The standard InChI is InChI=1S/C16H17N3O3S/c17-15(20)13(19-16(21)14-8-4-5-10-18-14)9-11-23(22)12-6-2-1-3-7-12/h1-8,10,13H,9,11H2,(H2,17,20)(H,19,21)/t13-,23-/m1/s1. The molecule has 0 radical (unpaired) electrons. The van der Waals surface area contributed by atoms with Crippen molar-refractivity contribution in [2.24, 2.45) is 5.73 Å². The van der Waals surface area contributed by atoms with Crippen LogP contribution in [-0.2, 0) is 15.6 Å². The van der Waals surface area contributed by atoms with Crippen LogP contribution < -0.4 is 11.1 Å². The van der Waals surface area contributed by atoms with Gasteiger partial charge in [-0.25, -0.2) is 0 Å². The maximum absolute atomic E-state index is 12.2. The lowest BCUT2D eigenvalue weighted by atomic mass is 10.2. The van der Waals surface area contributed by atoms with Crippen LogP contribution in [-0.4, -0.2) is 32.8 Å². The van der Waals surface area contributed by atoms with Crippen molar-refractivity contribution in [2.45, 2.75) is 17.4 Å². The first-order valence-corrected chi connectivity index (χ1v) is 8.34. The highest BCUT2D eigenvalue weighted by atomic mass is 32.2. The first kappa shape index (κ1) is 16.8. The fourth-order valence-corrected chi connectivity index (χ4v) is 3.08. The fourth-order valence-electron chi connectivity index (χ4n) is 1.93. The Bertz CT molecular complexity index is 692. The molecule has 2 atom stereocenters. The number of hydrogen-bond acceptors (Lipinski definition) is 4. The third-order valence-electron chi connectivity index (χ3n) is 3.14. The van der Waals surface area contributed by atoms with Crippen molar-refractivity contribution in [3.05, 3.63) is 60.4 Å². The van der Waals surface area contributed by atoms with E-state index in [-0.39, 0.29) is 17.9 Å². The lowest BCUT2D eigenvalue weighted by molar-refractivity contribution is -0.119. The predicted molar refractivity (Wildman–Crippen MR) is 87.0 cm³/mol. The van der Waals surface area contributed by atoms with Crippen LogP contribution in [0, 0.1) is 0 Å². The van der Waals surface area contributed by atoms with E-state index in [0.717, 1.165) is 0 Å². The molecule has 2 amide bonds. The highest BCUT2D eigenvalue weighted by Crippen LogP contribution is 2.08. The van der Waals surface area contributed by atoms with E-state index in [4.69, 9.17) is 5.73 Å². The SMILES string of the molecule is NC(=O)[C@@H](CC[S@@](=O)c1ccccc1)NC(=O)c1ccccn1. The van der Waals surface area contributed by atoms with Crippen LogP contribution in [0.2, 0.25) is 0 Å². The van der Waals surface area contributed by atoms with Gasteiger partial charge >= 0.3 is 0 Å². The molecule has 0 bridgehead atoms. The molecular weight excluding hydrogens is 314 g/mol. The molecule has 0 fully saturated rings. The number of aromatic nitrogens is 1. The molecule has 0 spiro atoms. The van der Waals surface area contributed by atoms with Crippen molar-refractivity contribution in [2.75, 3.05) is 5.75 Å². The summed E-state index contributed by atoms with van der Waals surface area (Å²) < 4.78 is 12.2. The van der Waals surface area contributed by atoms with E-state index in [2.05, 4.69) is 10.3 Å². The van der Waals surface area contributed by atoms with E-state index in [0.29, 0.717) is 4.90 Å². The Kier molecular flexibility index (Phi) is 5.99. The van der Waals surface area contributed by atoms with Gasteiger partial charge < -0.3 is 11.1 Å². The smallest absolute Gasteiger partial charge is 0.270 e. The molecule has 0 unspecified atom stereocenters. The van der Waals surface area contributed by atoms with Crippen molar-refractivity contribution < 1.29 is 13.8 Å². The zero-order chi connectivity index (χ0) is 16.7. The van der Waals surface area contributed by atoms with Gasteiger partial charge in [0, 0.05) is 16.8 Å². The molecule has 23 heavy (non-hydrogen) atoms. The number of benzene rings is 1. The Morgan fingerprint density at radius 1 is 1.13 bits per heavy atom. The molecule has 0 aliphatic carbocycles. The van der Waals surface area contributed by atoms with Gasteiger partial charge in [0.05, 0.1) is 10.8 Å². The molecule has 1 heterocycles. The van der Waals surface area contributed by atoms with E-state index in [1.807, 2.05) is 6.07 Å². The van der Waals surface area contributed by atoms with Crippen molar-refractivity contribution in [3.8, 4) is 0 Å². The first-order valence-electron chi connectivity index (χ1n) is 7.02. The molecule has 0 saturated carbocycles. The molecule has 2 rings (SSSR count). The van der Waals surface area contributed by atoms with Gasteiger partial charge in [0.2, 0.25) is 5.91 Å². The number of hydrogen-bond donors (Lipinski definition) is 2. The minimum atomic E-state index is -1.25. The third kappa shape index (κ3) is 5.00. The van der Waals surface area contributed by atoms with Gasteiger partial charge in [-0.2, -0.15) is 0 Å². The van der Waals surface area contributed by atoms with Gasteiger partial charge in [0.1, 0.15) is 11.7 Å². The number of nitrogens with one attached hydrogen (secondary N) is 1. The van der Waals surface area contributed by atoms with Crippen molar-refractivity contribution in [3.63, 3.8) is 0 Å². The molecule has 1 aromatic carbocycles. The number of nitrogens with two attached hydrogens (primary N) is 1. The minimum Gasteiger partial charge on any atom is -0.368 e. The lowest BCUT2D eigenvalue weighted by Crippen LogP contribution is -2.45. The molecule has 6 nitrogen and oxygen atoms in total. The average molecular weight is 331 g/mol. The zero-order valence-electron chi connectivity index (χ0n) is 12.3. The van der Waals surface area contributed by atoms with Crippen molar-refractivity contribution in [1.29, 1.82) is 0 Å². The lowest BCUT2D eigenvalue weighted by Gasteiger charge is -2.15. The Morgan fingerprint density at radius 3 is 2.43 bits per heavy atom. The second-order valence-electron chi connectivity index (χ2n) is 4.79. The molecule has 1 aromatic heterocycles. The van der Waals surface area contributed by atoms with Crippen LogP contribution in [0.4, 0.5) is 0 Å². The second kappa shape index (κ2) is 8.19. The van der Waals surface area contributed by atoms with Gasteiger partial charge in [-0.1, -0.05) is 24.3 Å². The topological polar surface area (TPSA) is 102 Å². The van der Waals surface area contributed by atoms with Gasteiger partial charge in [-0.15, -0.1) is 0 Å². The summed E-state index contributed by atoms with van der Waals surface area (Å²) in [6.07, 6.45) is 1.67. The number of primary amides is 1. The summed E-state index contributed by atoms with van der Waals surface area (Å²) in [5.41, 5.74) is 5.51. The monoisotopic (exact) mass is 331 g/mol. The van der Waals surface area contributed by atoms with E-state index in [1.54, 1.807) is 36.4 Å². The summed E-state index contributed by atoms with van der Waals surface area (Å²) in [6, 6.07) is 12.9. The minimum absolute atomic E-state index is 0.190. The Morgan fingerprint density at radius 2 is 1.83 bits per heavy atom. The molecule has 3 N–H and O–H groups in total. The van der Waals surface area contributed by atoms with Crippen molar-refractivity contribution in [1.82, 2.24) is 10.3 Å². The van der Waals surface area contributed by atoms with Crippen LogP contribution >= 0.6 is 0 Å². The number of carbonyl (C=O) groups excluding carboxylic acids is 2. The summed E-state index contributed by atoms with van der Waals surface area (Å²) in [7, 11) is -1.25. The van der Waals surface area contributed by atoms with E-state index < -0.39 is 28.7 Å². The highest BCUT2D eigenvalue weighted by molar-refractivity contribution is 7.85. The largest absolute Gasteiger partial charge is 0.368 e. The van der Waals surface area contributed by atoms with E-state index >= 15 is 0 Å². The summed E-state index contributed by atoms with van der Waals surface area (Å²) in [4.78, 5) is 28.1. The van der Waals surface area contributed by atoms with E-state index in [9.17, 15) is 13.8 Å². The molecular formula is C16H17N3O3S. The van der Waals surface area contributed by atoms with Crippen LogP contribution in [0.3, 0.4) is 0 Å². The predicted octanol–water partition coefficient (Wildman–Crippen LogP) is 0.863. The zero-order valence-corrected chi connectivity index (χ0v) is 13.2. The number of amides is 2. The van der Waals surface area contributed by atoms with E-state index in [1.165, 1.54) is 12.3 Å². The molecule has 0 aliphatic rings. The number of carbonyl (C=O) groups is 2. The van der Waals surface area contributed by atoms with Gasteiger partial charge in [-0.05, 0) is 30.7 Å². The number of nitrogens with zero attached hydrogens (tertiary/aromatic N) is 1. The van der Waals surface area contributed by atoms with Crippen LogP contribution in [0.15, 0.2) is 59.6 Å². The maximum Gasteiger partial charge on any atom is 0.270 e.